The van der Waals surface area contributed by atoms with Crippen molar-refractivity contribution in [2.45, 2.75) is 19.4 Å². The van der Waals surface area contributed by atoms with Crippen LogP contribution in [0.5, 0.6) is 0 Å². The first-order valence-electron chi connectivity index (χ1n) is 7.49. The smallest absolute Gasteiger partial charge is 0.191 e. The van der Waals surface area contributed by atoms with Gasteiger partial charge in [0.15, 0.2) is 5.96 Å². The van der Waals surface area contributed by atoms with E-state index < -0.39 is 0 Å². The van der Waals surface area contributed by atoms with Gasteiger partial charge in [-0.1, -0.05) is 30.3 Å². The second-order valence-corrected chi connectivity index (χ2v) is 4.95. The van der Waals surface area contributed by atoms with E-state index in [1.165, 1.54) is 0 Å². The van der Waals surface area contributed by atoms with E-state index in [1.54, 1.807) is 6.20 Å². The van der Waals surface area contributed by atoms with E-state index in [2.05, 4.69) is 25.8 Å². The van der Waals surface area contributed by atoms with Crippen LogP contribution in [-0.2, 0) is 6.54 Å². The molecule has 1 heterocycles. The molecule has 0 bridgehead atoms. The van der Waals surface area contributed by atoms with Crippen molar-refractivity contribution in [2.75, 3.05) is 19.7 Å². The van der Waals surface area contributed by atoms with Crippen LogP contribution in [-0.4, -0.2) is 41.0 Å². The van der Waals surface area contributed by atoms with E-state index in [9.17, 15) is 5.11 Å². The highest BCUT2D eigenvalue weighted by atomic mass is 127. The lowest BCUT2D eigenvalue weighted by Crippen LogP contribution is -2.39. The summed E-state index contributed by atoms with van der Waals surface area (Å²) in [5, 5.41) is 22.9. The maximum atomic E-state index is 9.59. The molecule has 4 N–H and O–H groups in total. The Labute approximate surface area is 153 Å². The Hall–Kier alpha value is -1.61. The van der Waals surface area contributed by atoms with Gasteiger partial charge in [-0.25, -0.2) is 4.99 Å². The van der Waals surface area contributed by atoms with Crippen molar-refractivity contribution in [3.63, 3.8) is 0 Å². The van der Waals surface area contributed by atoms with Crippen molar-refractivity contribution in [2.24, 2.45) is 4.99 Å². The molecule has 1 aromatic heterocycles. The molecule has 7 heteroatoms. The Morgan fingerprint density at radius 3 is 2.65 bits per heavy atom. The molecule has 126 valence electrons. The van der Waals surface area contributed by atoms with Gasteiger partial charge >= 0.3 is 0 Å². The van der Waals surface area contributed by atoms with Gasteiger partial charge in [0.05, 0.1) is 18.8 Å². The van der Waals surface area contributed by atoms with Gasteiger partial charge in [-0.05, 0) is 18.6 Å². The monoisotopic (exact) mass is 429 g/mol. The zero-order chi connectivity index (χ0) is 15.6. The molecule has 0 fully saturated rings. The maximum Gasteiger partial charge on any atom is 0.191 e. The molecule has 2 aromatic rings. The number of halogens is 1. The summed E-state index contributed by atoms with van der Waals surface area (Å²) >= 11 is 0. The fourth-order valence-electron chi connectivity index (χ4n) is 2.11. The fraction of sp³-hybridized carbons (Fsp3) is 0.375. The predicted octanol–water partition coefficient (Wildman–Crippen LogP) is 1.86. The molecule has 1 aromatic carbocycles. The number of H-pyrrole nitrogens is 1. The van der Waals surface area contributed by atoms with Crippen LogP contribution in [0.1, 0.15) is 24.1 Å². The van der Waals surface area contributed by atoms with Gasteiger partial charge in [0.25, 0.3) is 0 Å². The highest BCUT2D eigenvalue weighted by molar-refractivity contribution is 14.0. The summed E-state index contributed by atoms with van der Waals surface area (Å²) in [4.78, 5) is 4.50. The minimum atomic E-state index is 0. The van der Waals surface area contributed by atoms with Crippen LogP contribution in [0, 0.1) is 0 Å². The number of aliphatic hydroxyl groups excluding tert-OH is 1. The van der Waals surface area contributed by atoms with Crippen molar-refractivity contribution in [3.05, 3.63) is 53.9 Å². The van der Waals surface area contributed by atoms with E-state index >= 15 is 0 Å². The molecule has 1 unspecified atom stereocenters. The highest BCUT2D eigenvalue weighted by Gasteiger charge is 2.10. The molecule has 23 heavy (non-hydrogen) atoms. The summed E-state index contributed by atoms with van der Waals surface area (Å²) < 4.78 is 0. The van der Waals surface area contributed by atoms with Gasteiger partial charge in [0.1, 0.15) is 0 Å². The number of nitrogens with one attached hydrogen (secondary N) is 3. The van der Waals surface area contributed by atoms with Gasteiger partial charge in [-0.15, -0.1) is 24.0 Å². The standard InChI is InChI=1S/C16H23N5O.HI/c1-2-17-16(19-11-15-8-9-20-21-15)18-10-14(12-22)13-6-4-3-5-7-13;/h3-9,14,22H,2,10-12H2,1H3,(H,20,21)(H2,17,18,19);1H. The molecule has 0 aliphatic carbocycles. The molecule has 1 atom stereocenters. The number of aromatic amines is 1. The zero-order valence-corrected chi connectivity index (χ0v) is 15.5. The van der Waals surface area contributed by atoms with Gasteiger partial charge in [-0.2, -0.15) is 5.10 Å². The molecule has 0 aliphatic rings. The lowest BCUT2D eigenvalue weighted by Gasteiger charge is -2.18. The van der Waals surface area contributed by atoms with Gasteiger partial charge < -0.3 is 15.7 Å². The van der Waals surface area contributed by atoms with Crippen molar-refractivity contribution >= 4 is 29.9 Å². The van der Waals surface area contributed by atoms with Gasteiger partial charge in [0.2, 0.25) is 0 Å². The number of hydrogen-bond donors (Lipinski definition) is 4. The summed E-state index contributed by atoms with van der Waals surface area (Å²) in [5.41, 5.74) is 2.07. The first-order chi connectivity index (χ1) is 10.8. The van der Waals surface area contributed by atoms with E-state index in [4.69, 9.17) is 0 Å². The largest absolute Gasteiger partial charge is 0.396 e. The third-order valence-corrected chi connectivity index (χ3v) is 3.32. The topological polar surface area (TPSA) is 85.3 Å². The van der Waals surface area contributed by atoms with Crippen molar-refractivity contribution in [1.82, 2.24) is 20.8 Å². The molecule has 2 rings (SSSR count). The minimum Gasteiger partial charge on any atom is -0.396 e. The molecule has 0 radical (unpaired) electrons. The van der Waals surface area contributed by atoms with Crippen LogP contribution in [0.2, 0.25) is 0 Å². The van der Waals surface area contributed by atoms with Gasteiger partial charge in [-0.3, -0.25) is 5.10 Å². The zero-order valence-electron chi connectivity index (χ0n) is 13.2. The lowest BCUT2D eigenvalue weighted by molar-refractivity contribution is 0.265. The molecule has 0 aliphatic heterocycles. The van der Waals surface area contributed by atoms with Crippen LogP contribution in [0.4, 0.5) is 0 Å². The van der Waals surface area contributed by atoms with E-state index in [-0.39, 0.29) is 36.5 Å². The van der Waals surface area contributed by atoms with Crippen LogP contribution in [0.25, 0.3) is 0 Å². The third kappa shape index (κ3) is 6.57. The maximum absolute atomic E-state index is 9.59. The number of benzene rings is 1. The molecule has 0 saturated heterocycles. The van der Waals surface area contributed by atoms with Crippen molar-refractivity contribution in [1.29, 1.82) is 0 Å². The number of hydrogen-bond acceptors (Lipinski definition) is 3. The average Bonchev–Trinajstić information content (AvgIpc) is 3.07. The second-order valence-electron chi connectivity index (χ2n) is 4.95. The quantitative estimate of drug-likeness (QED) is 0.308. The van der Waals surface area contributed by atoms with Crippen LogP contribution in [0.3, 0.4) is 0 Å². The first-order valence-corrected chi connectivity index (χ1v) is 7.49. The Balaban J connectivity index is 0.00000264. The summed E-state index contributed by atoms with van der Waals surface area (Å²) in [6, 6.07) is 11.9. The van der Waals surface area contributed by atoms with Crippen molar-refractivity contribution < 1.29 is 5.11 Å². The number of aliphatic imine (C=N–C) groups is 1. The number of rotatable bonds is 7. The Morgan fingerprint density at radius 1 is 1.26 bits per heavy atom. The Morgan fingerprint density at radius 2 is 2.04 bits per heavy atom. The molecule has 0 saturated carbocycles. The predicted molar refractivity (Wildman–Crippen MR) is 103 cm³/mol. The molecule has 0 amide bonds. The average molecular weight is 429 g/mol. The molecule has 6 nitrogen and oxygen atoms in total. The Bertz CT molecular complexity index is 559. The molecular formula is C16H24IN5O. The highest BCUT2D eigenvalue weighted by Crippen LogP contribution is 2.13. The Kier molecular flexibility index (Phi) is 9.30. The van der Waals surface area contributed by atoms with E-state index in [1.807, 2.05) is 43.3 Å². The summed E-state index contributed by atoms with van der Waals surface area (Å²) in [7, 11) is 0. The van der Waals surface area contributed by atoms with Crippen LogP contribution in [0.15, 0.2) is 47.6 Å². The normalized spacial score (nSPS) is 12.3. The number of guanidine groups is 1. The van der Waals surface area contributed by atoms with E-state index in [0.29, 0.717) is 13.1 Å². The fourth-order valence-corrected chi connectivity index (χ4v) is 2.11. The summed E-state index contributed by atoms with van der Waals surface area (Å²) in [5.74, 6) is 0.767. The summed E-state index contributed by atoms with van der Waals surface area (Å²) in [6.45, 7) is 4.05. The van der Waals surface area contributed by atoms with Crippen LogP contribution >= 0.6 is 24.0 Å². The summed E-state index contributed by atoms with van der Waals surface area (Å²) in [6.07, 6.45) is 1.71. The number of aliphatic hydroxyl groups is 1. The minimum absolute atomic E-state index is 0. The lowest BCUT2D eigenvalue weighted by atomic mass is 10.0. The third-order valence-electron chi connectivity index (χ3n) is 3.32. The SMILES string of the molecule is CCNC(=NCc1ccn[nH]1)NCC(CO)c1ccccc1.I. The van der Waals surface area contributed by atoms with E-state index in [0.717, 1.165) is 23.8 Å². The second kappa shape index (κ2) is 11.0. The van der Waals surface area contributed by atoms with Crippen molar-refractivity contribution in [3.8, 4) is 0 Å². The number of nitrogens with zero attached hydrogens (tertiary/aromatic N) is 2. The van der Waals surface area contributed by atoms with Crippen LogP contribution < -0.4 is 10.6 Å². The first kappa shape index (κ1) is 19.4. The number of aromatic nitrogens is 2. The van der Waals surface area contributed by atoms with Gasteiger partial charge in [0, 0.05) is 25.2 Å². The molecular weight excluding hydrogens is 405 g/mol. The molecule has 0 spiro atoms.